The molecule has 3 heteroatoms. The van der Waals surface area contributed by atoms with Crippen molar-refractivity contribution in [1.29, 1.82) is 0 Å². The molecule has 0 saturated heterocycles. The van der Waals surface area contributed by atoms with E-state index >= 15 is 0 Å². The zero-order valence-corrected chi connectivity index (χ0v) is 9.52. The number of nitrogens with one attached hydrogen (secondary N) is 2. The van der Waals surface area contributed by atoms with Crippen molar-refractivity contribution >= 4 is 5.91 Å². The standard InChI is InChI=1S/C11H22N2O/c1-5-7-12-9-10(14)13-8-6-11(2,3)4/h5,12H,1,6-9H2,2-4H3,(H,13,14). The summed E-state index contributed by atoms with van der Waals surface area (Å²) in [6.07, 6.45) is 2.74. The van der Waals surface area contributed by atoms with Gasteiger partial charge in [0.15, 0.2) is 0 Å². The van der Waals surface area contributed by atoms with E-state index in [2.05, 4.69) is 38.0 Å². The Bertz CT molecular complexity index is 182. The van der Waals surface area contributed by atoms with Crippen LogP contribution in [0.3, 0.4) is 0 Å². The Morgan fingerprint density at radius 2 is 2.07 bits per heavy atom. The Morgan fingerprint density at radius 1 is 1.43 bits per heavy atom. The highest BCUT2D eigenvalue weighted by molar-refractivity contribution is 5.77. The summed E-state index contributed by atoms with van der Waals surface area (Å²) < 4.78 is 0. The second-order valence-electron chi connectivity index (χ2n) is 4.58. The molecule has 0 aromatic heterocycles. The van der Waals surface area contributed by atoms with Crippen molar-refractivity contribution in [3.63, 3.8) is 0 Å². The van der Waals surface area contributed by atoms with Gasteiger partial charge in [0.05, 0.1) is 6.54 Å². The molecule has 0 atom stereocenters. The van der Waals surface area contributed by atoms with Crippen LogP contribution in [0.2, 0.25) is 0 Å². The van der Waals surface area contributed by atoms with Gasteiger partial charge in [-0.1, -0.05) is 26.8 Å². The molecule has 0 unspecified atom stereocenters. The highest BCUT2D eigenvalue weighted by Crippen LogP contribution is 2.16. The smallest absolute Gasteiger partial charge is 0.233 e. The van der Waals surface area contributed by atoms with Gasteiger partial charge in [0.1, 0.15) is 0 Å². The third-order valence-electron chi connectivity index (χ3n) is 1.77. The summed E-state index contributed by atoms with van der Waals surface area (Å²) in [6.45, 7) is 11.8. The van der Waals surface area contributed by atoms with Gasteiger partial charge in [0.25, 0.3) is 0 Å². The Balaban J connectivity index is 3.40. The topological polar surface area (TPSA) is 41.1 Å². The van der Waals surface area contributed by atoms with Crippen LogP contribution < -0.4 is 10.6 Å². The van der Waals surface area contributed by atoms with E-state index in [1.807, 2.05) is 0 Å². The fourth-order valence-electron chi connectivity index (χ4n) is 0.927. The van der Waals surface area contributed by atoms with Crippen LogP contribution in [0.4, 0.5) is 0 Å². The molecule has 0 aliphatic rings. The Labute approximate surface area is 87.0 Å². The highest BCUT2D eigenvalue weighted by atomic mass is 16.1. The van der Waals surface area contributed by atoms with Gasteiger partial charge in [-0.05, 0) is 11.8 Å². The van der Waals surface area contributed by atoms with Gasteiger partial charge < -0.3 is 10.6 Å². The molecular weight excluding hydrogens is 176 g/mol. The second-order valence-corrected chi connectivity index (χ2v) is 4.58. The summed E-state index contributed by atoms with van der Waals surface area (Å²) in [5, 5.41) is 5.81. The number of hydrogen-bond acceptors (Lipinski definition) is 2. The predicted molar refractivity (Wildman–Crippen MR) is 60.1 cm³/mol. The van der Waals surface area contributed by atoms with Gasteiger partial charge in [0.2, 0.25) is 5.91 Å². The minimum atomic E-state index is 0.0519. The monoisotopic (exact) mass is 198 g/mol. The molecule has 0 aliphatic carbocycles. The molecule has 0 rings (SSSR count). The van der Waals surface area contributed by atoms with Gasteiger partial charge in [-0.25, -0.2) is 0 Å². The maximum atomic E-state index is 11.2. The van der Waals surface area contributed by atoms with Gasteiger partial charge in [0, 0.05) is 13.1 Å². The Hall–Kier alpha value is -0.830. The maximum Gasteiger partial charge on any atom is 0.233 e. The largest absolute Gasteiger partial charge is 0.355 e. The van der Waals surface area contributed by atoms with Crippen molar-refractivity contribution in [2.24, 2.45) is 5.41 Å². The van der Waals surface area contributed by atoms with Crippen molar-refractivity contribution in [1.82, 2.24) is 10.6 Å². The quantitative estimate of drug-likeness (QED) is 0.499. The SMILES string of the molecule is C=CCNCC(=O)NCCC(C)(C)C. The van der Waals surface area contributed by atoms with E-state index in [1.54, 1.807) is 6.08 Å². The summed E-state index contributed by atoms with van der Waals surface area (Å²) in [5.41, 5.74) is 0.280. The van der Waals surface area contributed by atoms with Crippen molar-refractivity contribution in [2.45, 2.75) is 27.2 Å². The highest BCUT2D eigenvalue weighted by Gasteiger charge is 2.09. The number of hydrogen-bond donors (Lipinski definition) is 2. The third kappa shape index (κ3) is 9.26. The number of amides is 1. The summed E-state index contributed by atoms with van der Waals surface area (Å²) in [6, 6.07) is 0. The molecule has 0 fully saturated rings. The maximum absolute atomic E-state index is 11.2. The fourth-order valence-corrected chi connectivity index (χ4v) is 0.927. The molecule has 3 nitrogen and oxygen atoms in total. The summed E-state index contributed by atoms with van der Waals surface area (Å²) in [7, 11) is 0. The third-order valence-corrected chi connectivity index (χ3v) is 1.77. The lowest BCUT2D eigenvalue weighted by Crippen LogP contribution is -2.35. The summed E-state index contributed by atoms with van der Waals surface area (Å²) in [5.74, 6) is 0.0519. The molecule has 0 aliphatic heterocycles. The van der Waals surface area contributed by atoms with E-state index < -0.39 is 0 Å². The van der Waals surface area contributed by atoms with E-state index in [9.17, 15) is 4.79 Å². The Morgan fingerprint density at radius 3 is 2.57 bits per heavy atom. The average molecular weight is 198 g/mol. The van der Waals surface area contributed by atoms with Crippen molar-refractivity contribution in [2.75, 3.05) is 19.6 Å². The first-order valence-electron chi connectivity index (χ1n) is 5.04. The van der Waals surface area contributed by atoms with Crippen molar-refractivity contribution in [3.8, 4) is 0 Å². The lowest BCUT2D eigenvalue weighted by molar-refractivity contribution is -0.120. The van der Waals surface area contributed by atoms with Gasteiger partial charge in [-0.2, -0.15) is 0 Å². The Kier molecular flexibility index (Phi) is 6.21. The van der Waals surface area contributed by atoms with Gasteiger partial charge in [-0.15, -0.1) is 6.58 Å². The van der Waals surface area contributed by atoms with E-state index in [0.29, 0.717) is 13.1 Å². The fraction of sp³-hybridized carbons (Fsp3) is 0.727. The molecule has 14 heavy (non-hydrogen) atoms. The van der Waals surface area contributed by atoms with Crippen molar-refractivity contribution in [3.05, 3.63) is 12.7 Å². The van der Waals surface area contributed by atoms with Crippen LogP contribution in [0.1, 0.15) is 27.2 Å². The molecule has 0 radical (unpaired) electrons. The normalized spacial score (nSPS) is 11.1. The van der Waals surface area contributed by atoms with Crippen molar-refractivity contribution < 1.29 is 4.79 Å². The van der Waals surface area contributed by atoms with Crippen LogP contribution in [0.25, 0.3) is 0 Å². The van der Waals surface area contributed by atoms with Crippen LogP contribution in [0, 0.1) is 5.41 Å². The number of carbonyl (C=O) groups is 1. The van der Waals surface area contributed by atoms with Crippen LogP contribution >= 0.6 is 0 Å². The molecule has 1 amide bonds. The van der Waals surface area contributed by atoms with E-state index in [4.69, 9.17) is 0 Å². The first kappa shape index (κ1) is 13.2. The minimum absolute atomic E-state index is 0.0519. The lowest BCUT2D eigenvalue weighted by atomic mass is 9.92. The first-order chi connectivity index (χ1) is 6.45. The van der Waals surface area contributed by atoms with Gasteiger partial charge in [-0.3, -0.25) is 4.79 Å². The number of carbonyl (C=O) groups excluding carboxylic acids is 1. The zero-order chi connectivity index (χ0) is 11.0. The van der Waals surface area contributed by atoms with E-state index in [0.717, 1.165) is 13.0 Å². The molecular formula is C11H22N2O. The van der Waals surface area contributed by atoms with E-state index in [1.165, 1.54) is 0 Å². The first-order valence-corrected chi connectivity index (χ1v) is 5.04. The van der Waals surface area contributed by atoms with E-state index in [-0.39, 0.29) is 11.3 Å². The summed E-state index contributed by atoms with van der Waals surface area (Å²) >= 11 is 0. The molecule has 82 valence electrons. The zero-order valence-electron chi connectivity index (χ0n) is 9.52. The molecule has 0 saturated carbocycles. The molecule has 0 bridgehead atoms. The molecule has 2 N–H and O–H groups in total. The summed E-state index contributed by atoms with van der Waals surface area (Å²) in [4.78, 5) is 11.2. The minimum Gasteiger partial charge on any atom is -0.355 e. The molecule has 0 aromatic rings. The van der Waals surface area contributed by atoms with Crippen LogP contribution in [-0.2, 0) is 4.79 Å². The van der Waals surface area contributed by atoms with Gasteiger partial charge >= 0.3 is 0 Å². The number of rotatable bonds is 6. The molecule has 0 spiro atoms. The van der Waals surface area contributed by atoms with Crippen LogP contribution in [0.5, 0.6) is 0 Å². The molecule has 0 heterocycles. The molecule has 0 aromatic carbocycles. The van der Waals surface area contributed by atoms with Crippen LogP contribution in [-0.4, -0.2) is 25.5 Å². The van der Waals surface area contributed by atoms with Crippen LogP contribution in [0.15, 0.2) is 12.7 Å². The predicted octanol–water partition coefficient (Wildman–Crippen LogP) is 1.31. The second kappa shape index (κ2) is 6.60. The lowest BCUT2D eigenvalue weighted by Gasteiger charge is -2.17. The average Bonchev–Trinajstić information content (AvgIpc) is 2.02.